The fourth-order valence-electron chi connectivity index (χ4n) is 3.34. The number of aromatic nitrogens is 4. The highest BCUT2D eigenvalue weighted by atomic mass is 32.1. The molecule has 5 rings (SSSR count). The zero-order valence-corrected chi connectivity index (χ0v) is 17.4. The number of hydrogen-bond donors (Lipinski definition) is 1. The molecular weight excluding hydrogens is 413 g/mol. The molecule has 5 aromatic rings. The van der Waals surface area contributed by atoms with Crippen LogP contribution in [0.2, 0.25) is 0 Å². The molecule has 0 bridgehead atoms. The Balaban J connectivity index is 1.48. The minimum atomic E-state index is -0.279. The van der Waals surface area contributed by atoms with E-state index in [9.17, 15) is 4.39 Å². The number of nitrogens with one attached hydrogen (secondary N) is 1. The number of fused-ring (bicyclic) bond motifs is 1. The lowest BCUT2D eigenvalue weighted by Gasteiger charge is -2.08. The number of anilines is 1. The van der Waals surface area contributed by atoms with Crippen molar-refractivity contribution in [3.05, 3.63) is 83.8 Å². The van der Waals surface area contributed by atoms with Gasteiger partial charge in [-0.3, -0.25) is 4.40 Å². The molecule has 3 heterocycles. The van der Waals surface area contributed by atoms with Crippen LogP contribution >= 0.6 is 11.3 Å². The van der Waals surface area contributed by atoms with E-state index in [0.717, 1.165) is 38.9 Å². The number of halogens is 1. The van der Waals surface area contributed by atoms with Gasteiger partial charge in [0.25, 0.3) is 0 Å². The summed E-state index contributed by atoms with van der Waals surface area (Å²) in [6, 6.07) is 16.0. The van der Waals surface area contributed by atoms with Crippen LogP contribution in [0.1, 0.15) is 5.56 Å². The van der Waals surface area contributed by atoms with Crippen LogP contribution in [0.25, 0.3) is 27.6 Å². The second-order valence-corrected chi connectivity index (χ2v) is 7.71. The summed E-state index contributed by atoms with van der Waals surface area (Å²) in [4.78, 5) is 14.7. The summed E-state index contributed by atoms with van der Waals surface area (Å²) in [5, 5.41) is 5.25. The molecular formula is C23H18FN5OS. The third-order valence-electron chi connectivity index (χ3n) is 4.89. The molecule has 0 saturated carbocycles. The molecule has 0 fully saturated rings. The maximum Gasteiger partial charge on any atom is 0.223 e. The monoisotopic (exact) mass is 431 g/mol. The first kappa shape index (κ1) is 19.2. The SMILES string of the molecule is COc1ccc(CNc2nccc(-c3c(-c4ccc(F)cc4)nc4sccn34)n2)cc1. The summed E-state index contributed by atoms with van der Waals surface area (Å²) in [6.45, 7) is 0.582. The second-order valence-electron chi connectivity index (χ2n) is 6.84. The summed E-state index contributed by atoms with van der Waals surface area (Å²) in [6.07, 6.45) is 3.68. The topological polar surface area (TPSA) is 64.3 Å². The van der Waals surface area contributed by atoms with Gasteiger partial charge in [-0.05, 0) is 48.0 Å². The smallest absolute Gasteiger partial charge is 0.223 e. The van der Waals surface area contributed by atoms with E-state index in [1.165, 1.54) is 23.5 Å². The number of nitrogens with zero attached hydrogens (tertiary/aromatic N) is 4. The van der Waals surface area contributed by atoms with Crippen molar-refractivity contribution in [2.24, 2.45) is 0 Å². The van der Waals surface area contributed by atoms with E-state index < -0.39 is 0 Å². The number of thiazole rings is 1. The van der Waals surface area contributed by atoms with E-state index in [-0.39, 0.29) is 5.82 Å². The Bertz CT molecular complexity index is 1330. The Morgan fingerprint density at radius 2 is 1.84 bits per heavy atom. The van der Waals surface area contributed by atoms with Gasteiger partial charge >= 0.3 is 0 Å². The van der Waals surface area contributed by atoms with Crippen LogP contribution in [0.4, 0.5) is 10.3 Å². The Hall–Kier alpha value is -3.78. The predicted molar refractivity (Wildman–Crippen MR) is 120 cm³/mol. The fraction of sp³-hybridized carbons (Fsp3) is 0.0870. The number of hydrogen-bond acceptors (Lipinski definition) is 6. The van der Waals surface area contributed by atoms with Crippen molar-refractivity contribution in [1.82, 2.24) is 19.4 Å². The maximum atomic E-state index is 13.4. The standard InChI is InChI=1S/C23H18FN5OS/c1-30-18-8-2-15(3-9-18)14-26-22-25-11-10-19(27-22)21-20(16-4-6-17(24)7-5-16)28-23-29(21)12-13-31-23/h2-13H,14H2,1H3,(H,25,26,27). The molecule has 1 N–H and O–H groups in total. The average molecular weight is 431 g/mol. The van der Waals surface area contributed by atoms with Gasteiger partial charge < -0.3 is 10.1 Å². The van der Waals surface area contributed by atoms with E-state index in [4.69, 9.17) is 14.7 Å². The number of benzene rings is 2. The molecule has 0 atom stereocenters. The summed E-state index contributed by atoms with van der Waals surface area (Å²) in [7, 11) is 1.65. The fourth-order valence-corrected chi connectivity index (χ4v) is 4.05. The van der Waals surface area contributed by atoms with Crippen LogP contribution in [-0.2, 0) is 6.54 Å². The van der Waals surface area contributed by atoms with E-state index >= 15 is 0 Å². The van der Waals surface area contributed by atoms with Crippen molar-refractivity contribution in [3.8, 4) is 28.4 Å². The zero-order chi connectivity index (χ0) is 21.2. The largest absolute Gasteiger partial charge is 0.497 e. The van der Waals surface area contributed by atoms with Crippen LogP contribution in [0.3, 0.4) is 0 Å². The van der Waals surface area contributed by atoms with Gasteiger partial charge in [0.05, 0.1) is 18.5 Å². The van der Waals surface area contributed by atoms with E-state index in [1.54, 1.807) is 25.4 Å². The predicted octanol–water partition coefficient (Wildman–Crippen LogP) is 5.28. The number of rotatable bonds is 6. The highest BCUT2D eigenvalue weighted by Crippen LogP contribution is 2.33. The highest BCUT2D eigenvalue weighted by molar-refractivity contribution is 7.15. The van der Waals surface area contributed by atoms with Crippen molar-refractivity contribution in [3.63, 3.8) is 0 Å². The van der Waals surface area contributed by atoms with Gasteiger partial charge in [0, 0.05) is 29.9 Å². The highest BCUT2D eigenvalue weighted by Gasteiger charge is 2.18. The molecule has 31 heavy (non-hydrogen) atoms. The zero-order valence-electron chi connectivity index (χ0n) is 16.6. The van der Waals surface area contributed by atoms with Crippen molar-refractivity contribution in [2.75, 3.05) is 12.4 Å². The van der Waals surface area contributed by atoms with Gasteiger partial charge in [0.1, 0.15) is 17.3 Å². The third kappa shape index (κ3) is 3.85. The molecule has 0 aliphatic rings. The van der Waals surface area contributed by atoms with Crippen molar-refractivity contribution >= 4 is 22.2 Å². The molecule has 0 unspecified atom stereocenters. The molecule has 2 aromatic carbocycles. The quantitative estimate of drug-likeness (QED) is 0.396. The van der Waals surface area contributed by atoms with E-state index in [0.29, 0.717) is 12.5 Å². The first-order chi connectivity index (χ1) is 15.2. The Morgan fingerprint density at radius 3 is 2.61 bits per heavy atom. The minimum absolute atomic E-state index is 0.279. The number of ether oxygens (including phenoxy) is 1. The van der Waals surface area contributed by atoms with Crippen LogP contribution in [-0.4, -0.2) is 26.5 Å². The molecule has 0 amide bonds. The van der Waals surface area contributed by atoms with Crippen LogP contribution in [0.15, 0.2) is 72.4 Å². The van der Waals surface area contributed by atoms with Gasteiger partial charge in [-0.2, -0.15) is 0 Å². The number of methoxy groups -OCH3 is 1. The molecule has 6 nitrogen and oxygen atoms in total. The summed E-state index contributed by atoms with van der Waals surface area (Å²) in [5.74, 6) is 1.05. The van der Waals surface area contributed by atoms with Crippen LogP contribution < -0.4 is 10.1 Å². The average Bonchev–Trinajstić information content (AvgIpc) is 3.40. The molecule has 0 spiro atoms. The summed E-state index contributed by atoms with van der Waals surface area (Å²) < 4.78 is 20.6. The summed E-state index contributed by atoms with van der Waals surface area (Å²) >= 11 is 1.54. The third-order valence-corrected chi connectivity index (χ3v) is 5.64. The Morgan fingerprint density at radius 1 is 1.03 bits per heavy atom. The van der Waals surface area contributed by atoms with Gasteiger partial charge in [-0.1, -0.05) is 12.1 Å². The lowest BCUT2D eigenvalue weighted by Crippen LogP contribution is -2.04. The lowest BCUT2D eigenvalue weighted by atomic mass is 10.1. The molecule has 0 saturated heterocycles. The molecule has 8 heteroatoms. The van der Waals surface area contributed by atoms with Crippen molar-refractivity contribution < 1.29 is 9.13 Å². The molecule has 0 aliphatic heterocycles. The Kier molecular flexibility index (Phi) is 5.05. The van der Waals surface area contributed by atoms with Gasteiger partial charge in [0.2, 0.25) is 5.95 Å². The Labute approximate surface area is 182 Å². The number of imidazole rings is 1. The van der Waals surface area contributed by atoms with Crippen LogP contribution in [0, 0.1) is 5.82 Å². The molecule has 0 radical (unpaired) electrons. The molecule has 0 aliphatic carbocycles. The molecule has 154 valence electrons. The van der Waals surface area contributed by atoms with Gasteiger partial charge in [-0.15, -0.1) is 11.3 Å². The summed E-state index contributed by atoms with van der Waals surface area (Å²) in [5.41, 5.74) is 4.26. The first-order valence-corrected chi connectivity index (χ1v) is 10.5. The van der Waals surface area contributed by atoms with Crippen molar-refractivity contribution in [2.45, 2.75) is 6.54 Å². The van der Waals surface area contributed by atoms with E-state index in [2.05, 4.69) is 10.3 Å². The first-order valence-electron chi connectivity index (χ1n) is 9.63. The van der Waals surface area contributed by atoms with Crippen molar-refractivity contribution in [1.29, 1.82) is 0 Å². The maximum absolute atomic E-state index is 13.4. The van der Waals surface area contributed by atoms with Gasteiger partial charge in [0.15, 0.2) is 4.96 Å². The van der Waals surface area contributed by atoms with E-state index in [1.807, 2.05) is 46.3 Å². The normalized spacial score (nSPS) is 11.0. The lowest BCUT2D eigenvalue weighted by molar-refractivity contribution is 0.414. The second kappa shape index (κ2) is 8.16. The van der Waals surface area contributed by atoms with Gasteiger partial charge in [-0.25, -0.2) is 19.3 Å². The molecule has 3 aromatic heterocycles. The van der Waals surface area contributed by atoms with Crippen LogP contribution in [0.5, 0.6) is 5.75 Å². The minimum Gasteiger partial charge on any atom is -0.497 e.